The predicted molar refractivity (Wildman–Crippen MR) is 111 cm³/mol. The molecule has 2 heterocycles. The standard InChI is InChI=1S/C21H23FN4O2S/c1-27-20-23-10-15(11-24-20)18-13-29-21(26-18)25-16-7-8-19(17(22)9-16)28-12-14-5-3-2-4-6-14/h7-11,13-14H,2-6,12H2,1H3,(H,25,26). The van der Waals surface area contributed by atoms with Crippen LogP contribution in [0.5, 0.6) is 11.8 Å². The topological polar surface area (TPSA) is 69.2 Å². The Hall–Kier alpha value is -2.74. The van der Waals surface area contributed by atoms with Gasteiger partial charge in [-0.15, -0.1) is 11.3 Å². The minimum Gasteiger partial charge on any atom is -0.490 e. The molecule has 0 spiro atoms. The SMILES string of the molecule is COc1ncc(-c2csc(Nc3ccc(OCC4CCCCC4)c(F)c3)n2)cn1. The van der Waals surface area contributed by atoms with Crippen LogP contribution in [0.4, 0.5) is 15.2 Å². The summed E-state index contributed by atoms with van der Waals surface area (Å²) in [7, 11) is 1.52. The number of hydrogen-bond donors (Lipinski definition) is 1. The summed E-state index contributed by atoms with van der Waals surface area (Å²) in [5, 5.41) is 5.69. The van der Waals surface area contributed by atoms with Crippen molar-refractivity contribution in [3.05, 3.63) is 41.8 Å². The lowest BCUT2D eigenvalue weighted by atomic mass is 9.90. The Morgan fingerprint density at radius 3 is 2.69 bits per heavy atom. The maximum atomic E-state index is 14.4. The van der Waals surface area contributed by atoms with Crippen LogP contribution in [0.2, 0.25) is 0 Å². The second-order valence-corrected chi connectivity index (χ2v) is 7.94. The summed E-state index contributed by atoms with van der Waals surface area (Å²) in [5.41, 5.74) is 2.15. The third kappa shape index (κ3) is 5.00. The van der Waals surface area contributed by atoms with Crippen LogP contribution in [0.3, 0.4) is 0 Å². The van der Waals surface area contributed by atoms with Crippen LogP contribution in [-0.2, 0) is 0 Å². The lowest BCUT2D eigenvalue weighted by Crippen LogP contribution is -2.15. The number of aromatic nitrogens is 3. The molecule has 1 aliphatic rings. The molecule has 0 amide bonds. The molecule has 6 nitrogen and oxygen atoms in total. The van der Waals surface area contributed by atoms with E-state index in [0.29, 0.717) is 35.1 Å². The van der Waals surface area contributed by atoms with Gasteiger partial charge < -0.3 is 14.8 Å². The zero-order valence-corrected chi connectivity index (χ0v) is 17.0. The van der Waals surface area contributed by atoms with Crippen molar-refractivity contribution < 1.29 is 13.9 Å². The van der Waals surface area contributed by atoms with Crippen molar-refractivity contribution in [3.8, 4) is 23.0 Å². The molecule has 0 radical (unpaired) electrons. The van der Waals surface area contributed by atoms with E-state index in [4.69, 9.17) is 9.47 Å². The van der Waals surface area contributed by atoms with Crippen molar-refractivity contribution in [2.24, 2.45) is 5.92 Å². The fourth-order valence-corrected chi connectivity index (χ4v) is 4.14. The Bertz CT molecular complexity index is 942. The highest BCUT2D eigenvalue weighted by molar-refractivity contribution is 7.14. The minimum atomic E-state index is -0.369. The summed E-state index contributed by atoms with van der Waals surface area (Å²) in [6, 6.07) is 5.22. The summed E-state index contributed by atoms with van der Waals surface area (Å²) in [4.78, 5) is 12.7. The molecule has 1 saturated carbocycles. The fraction of sp³-hybridized carbons (Fsp3) is 0.381. The third-order valence-electron chi connectivity index (χ3n) is 4.99. The van der Waals surface area contributed by atoms with Gasteiger partial charge in [0.15, 0.2) is 16.7 Å². The Kier molecular flexibility index (Phi) is 6.19. The number of halogens is 1. The third-order valence-corrected chi connectivity index (χ3v) is 5.75. The van der Waals surface area contributed by atoms with E-state index in [2.05, 4.69) is 20.3 Å². The number of rotatable bonds is 7. The van der Waals surface area contributed by atoms with E-state index in [1.54, 1.807) is 24.5 Å². The number of benzene rings is 1. The molecule has 0 unspecified atom stereocenters. The van der Waals surface area contributed by atoms with Gasteiger partial charge in [0.1, 0.15) is 0 Å². The first-order valence-electron chi connectivity index (χ1n) is 9.72. The number of ether oxygens (including phenoxy) is 2. The second-order valence-electron chi connectivity index (χ2n) is 7.08. The minimum absolute atomic E-state index is 0.302. The van der Waals surface area contributed by atoms with Gasteiger partial charge >= 0.3 is 6.01 Å². The van der Waals surface area contributed by atoms with Crippen LogP contribution in [-0.4, -0.2) is 28.7 Å². The Labute approximate surface area is 173 Å². The van der Waals surface area contributed by atoms with Gasteiger partial charge in [-0.2, -0.15) is 0 Å². The largest absolute Gasteiger partial charge is 0.490 e. The number of anilines is 2. The van der Waals surface area contributed by atoms with Crippen LogP contribution in [0.25, 0.3) is 11.3 Å². The summed E-state index contributed by atoms with van der Waals surface area (Å²) in [6.07, 6.45) is 9.45. The van der Waals surface area contributed by atoms with Gasteiger partial charge in [0.25, 0.3) is 0 Å². The quantitative estimate of drug-likeness (QED) is 0.554. The maximum absolute atomic E-state index is 14.4. The van der Waals surface area contributed by atoms with Gasteiger partial charge in [-0.05, 0) is 30.9 Å². The smallest absolute Gasteiger partial charge is 0.316 e. The molecule has 1 N–H and O–H groups in total. The zero-order chi connectivity index (χ0) is 20.1. The molecule has 3 aromatic rings. The highest BCUT2D eigenvalue weighted by atomic mass is 32.1. The van der Waals surface area contributed by atoms with Crippen molar-refractivity contribution in [2.75, 3.05) is 19.0 Å². The van der Waals surface area contributed by atoms with Crippen LogP contribution in [0, 0.1) is 11.7 Å². The molecule has 8 heteroatoms. The van der Waals surface area contributed by atoms with Crippen LogP contribution < -0.4 is 14.8 Å². The normalized spacial score (nSPS) is 14.6. The molecule has 1 aromatic carbocycles. The van der Waals surface area contributed by atoms with Crippen molar-refractivity contribution in [3.63, 3.8) is 0 Å². The fourth-order valence-electron chi connectivity index (χ4n) is 3.40. The molecule has 152 valence electrons. The van der Waals surface area contributed by atoms with Gasteiger partial charge in [-0.1, -0.05) is 19.3 Å². The average molecular weight is 415 g/mol. The highest BCUT2D eigenvalue weighted by Gasteiger charge is 2.15. The van der Waals surface area contributed by atoms with Crippen LogP contribution in [0.15, 0.2) is 36.0 Å². The molecule has 0 atom stereocenters. The highest BCUT2D eigenvalue weighted by Crippen LogP contribution is 2.30. The van der Waals surface area contributed by atoms with E-state index in [0.717, 1.165) is 11.3 Å². The molecule has 2 aromatic heterocycles. The second kappa shape index (κ2) is 9.17. The van der Waals surface area contributed by atoms with Crippen LogP contribution in [0.1, 0.15) is 32.1 Å². The van der Waals surface area contributed by atoms with E-state index in [1.165, 1.54) is 56.6 Å². The summed E-state index contributed by atoms with van der Waals surface area (Å²) >= 11 is 1.43. The predicted octanol–water partition coefficient (Wildman–Crippen LogP) is 5.45. The van der Waals surface area contributed by atoms with Gasteiger partial charge in [-0.3, -0.25) is 0 Å². The van der Waals surface area contributed by atoms with Crippen molar-refractivity contribution in [1.82, 2.24) is 15.0 Å². The molecular formula is C21H23FN4O2S. The van der Waals surface area contributed by atoms with Crippen molar-refractivity contribution in [1.29, 1.82) is 0 Å². The number of nitrogens with one attached hydrogen (secondary N) is 1. The summed E-state index contributed by atoms with van der Waals surface area (Å²) in [6.45, 7) is 0.587. The number of methoxy groups -OCH3 is 1. The molecule has 1 fully saturated rings. The van der Waals surface area contributed by atoms with E-state index in [9.17, 15) is 4.39 Å². The van der Waals surface area contributed by atoms with E-state index >= 15 is 0 Å². The monoisotopic (exact) mass is 414 g/mol. The lowest BCUT2D eigenvalue weighted by Gasteiger charge is -2.21. The molecular weight excluding hydrogens is 391 g/mol. The molecule has 0 bridgehead atoms. The number of hydrogen-bond acceptors (Lipinski definition) is 7. The average Bonchev–Trinajstić information content (AvgIpc) is 3.22. The maximum Gasteiger partial charge on any atom is 0.316 e. The molecule has 0 aliphatic heterocycles. The molecule has 29 heavy (non-hydrogen) atoms. The van der Waals surface area contributed by atoms with E-state index < -0.39 is 0 Å². The first kappa shape index (κ1) is 19.6. The van der Waals surface area contributed by atoms with Gasteiger partial charge in [0.2, 0.25) is 0 Å². The molecule has 0 saturated heterocycles. The van der Waals surface area contributed by atoms with E-state index in [-0.39, 0.29) is 5.82 Å². The summed E-state index contributed by atoms with van der Waals surface area (Å²) in [5.74, 6) is 0.471. The Morgan fingerprint density at radius 1 is 1.17 bits per heavy atom. The lowest BCUT2D eigenvalue weighted by molar-refractivity contribution is 0.202. The molecule has 1 aliphatic carbocycles. The zero-order valence-electron chi connectivity index (χ0n) is 16.2. The van der Waals surface area contributed by atoms with Crippen molar-refractivity contribution in [2.45, 2.75) is 32.1 Å². The van der Waals surface area contributed by atoms with Gasteiger partial charge in [-0.25, -0.2) is 19.3 Å². The number of thiazole rings is 1. The first-order chi connectivity index (χ1) is 14.2. The summed E-state index contributed by atoms with van der Waals surface area (Å²) < 4.78 is 25.1. The first-order valence-corrected chi connectivity index (χ1v) is 10.6. The Balaban J connectivity index is 1.38. The number of nitrogens with zero attached hydrogens (tertiary/aromatic N) is 3. The van der Waals surface area contributed by atoms with E-state index in [1.807, 2.05) is 5.38 Å². The van der Waals surface area contributed by atoms with Crippen molar-refractivity contribution >= 4 is 22.2 Å². The van der Waals surface area contributed by atoms with Crippen LogP contribution >= 0.6 is 11.3 Å². The Morgan fingerprint density at radius 2 is 1.97 bits per heavy atom. The van der Waals surface area contributed by atoms with Gasteiger partial charge in [0.05, 0.1) is 19.4 Å². The van der Waals surface area contributed by atoms with Gasteiger partial charge in [0, 0.05) is 35.1 Å². The molecule has 4 rings (SSSR count).